The molecule has 1 atom stereocenters. The molecule has 8 heteroatoms. The summed E-state index contributed by atoms with van der Waals surface area (Å²) >= 11 is 0. The maximum absolute atomic E-state index is 6.21. The zero-order valence-corrected chi connectivity index (χ0v) is 16.9. The van der Waals surface area contributed by atoms with Gasteiger partial charge in [-0.25, -0.2) is 4.98 Å². The molecule has 0 aliphatic carbocycles. The molecular weight excluding hydrogens is 376 g/mol. The molecule has 1 unspecified atom stereocenters. The van der Waals surface area contributed by atoms with E-state index in [1.165, 1.54) is 0 Å². The van der Waals surface area contributed by atoms with Gasteiger partial charge < -0.3 is 10.6 Å². The van der Waals surface area contributed by atoms with E-state index in [4.69, 9.17) is 10.7 Å². The highest BCUT2D eigenvalue weighted by Gasteiger charge is 2.21. The number of hydrogen-bond acceptors (Lipinski definition) is 6. The van der Waals surface area contributed by atoms with Crippen LogP contribution in [0.4, 0.5) is 5.82 Å². The summed E-state index contributed by atoms with van der Waals surface area (Å²) < 4.78 is 1.77. The van der Waals surface area contributed by atoms with Gasteiger partial charge in [0, 0.05) is 48.9 Å². The van der Waals surface area contributed by atoms with Gasteiger partial charge in [0.05, 0.1) is 29.3 Å². The molecule has 0 aromatic carbocycles. The lowest BCUT2D eigenvalue weighted by Crippen LogP contribution is -2.43. The van der Waals surface area contributed by atoms with E-state index in [-0.39, 0.29) is 6.04 Å². The van der Waals surface area contributed by atoms with Crippen LogP contribution in [-0.2, 0) is 7.05 Å². The lowest BCUT2D eigenvalue weighted by atomic mass is 10.1. The van der Waals surface area contributed by atoms with Gasteiger partial charge in [0.1, 0.15) is 11.5 Å². The van der Waals surface area contributed by atoms with Gasteiger partial charge in [-0.2, -0.15) is 10.2 Å². The first-order chi connectivity index (χ1) is 14.6. The molecule has 0 spiro atoms. The number of pyridine rings is 2. The molecule has 4 aromatic heterocycles. The number of nitrogens with zero attached hydrogens (tertiary/aromatic N) is 6. The molecule has 8 nitrogen and oxygen atoms in total. The fraction of sp³-hybridized carbons (Fsp3) is 0.273. The molecule has 3 N–H and O–H groups in total. The molecule has 1 aliphatic heterocycles. The lowest BCUT2D eigenvalue weighted by Gasteiger charge is -2.32. The van der Waals surface area contributed by atoms with E-state index >= 15 is 0 Å². The summed E-state index contributed by atoms with van der Waals surface area (Å²) in [6.07, 6.45) is 9.52. The molecule has 30 heavy (non-hydrogen) atoms. The monoisotopic (exact) mass is 400 g/mol. The predicted molar refractivity (Wildman–Crippen MR) is 119 cm³/mol. The second-order valence-corrected chi connectivity index (χ2v) is 7.75. The van der Waals surface area contributed by atoms with E-state index in [1.54, 1.807) is 10.9 Å². The minimum atomic E-state index is 0.168. The third kappa shape index (κ3) is 3.25. The topological polar surface area (TPSA) is 102 Å². The van der Waals surface area contributed by atoms with Gasteiger partial charge in [-0.15, -0.1) is 0 Å². The Morgan fingerprint density at radius 2 is 2.17 bits per heavy atom. The summed E-state index contributed by atoms with van der Waals surface area (Å²) in [4.78, 5) is 11.8. The van der Waals surface area contributed by atoms with Gasteiger partial charge in [0.25, 0.3) is 0 Å². The molecule has 0 saturated carbocycles. The van der Waals surface area contributed by atoms with Crippen LogP contribution < -0.4 is 10.6 Å². The van der Waals surface area contributed by atoms with Gasteiger partial charge in [-0.3, -0.25) is 14.8 Å². The van der Waals surface area contributed by atoms with E-state index < -0.39 is 0 Å². The number of fused-ring (bicyclic) bond motifs is 1. The first-order valence-corrected chi connectivity index (χ1v) is 10.1. The van der Waals surface area contributed by atoms with Crippen molar-refractivity contribution in [1.29, 1.82) is 0 Å². The van der Waals surface area contributed by atoms with Gasteiger partial charge in [-0.05, 0) is 31.0 Å². The van der Waals surface area contributed by atoms with Crippen LogP contribution in [0, 0.1) is 0 Å². The van der Waals surface area contributed by atoms with Crippen molar-refractivity contribution in [2.24, 2.45) is 12.8 Å². The van der Waals surface area contributed by atoms with E-state index in [0.29, 0.717) is 0 Å². The van der Waals surface area contributed by atoms with Crippen LogP contribution in [0.2, 0.25) is 0 Å². The fourth-order valence-corrected chi connectivity index (χ4v) is 4.03. The summed E-state index contributed by atoms with van der Waals surface area (Å²) in [5.74, 6) is 0.912. The molecule has 0 amide bonds. The number of aromatic amines is 1. The molecule has 0 bridgehead atoms. The SMILES string of the molecule is C=Cc1ccc(-c2n[nH]c3cnc(-c4cnn(C)c4)cc23)nc1N1CCCC(N)C1. The number of anilines is 1. The number of H-pyrrole nitrogens is 1. The molecule has 1 aliphatic rings. The summed E-state index contributed by atoms with van der Waals surface area (Å²) in [6, 6.07) is 6.24. The van der Waals surface area contributed by atoms with Crippen LogP contribution in [0.3, 0.4) is 0 Å². The van der Waals surface area contributed by atoms with Crippen molar-refractivity contribution < 1.29 is 0 Å². The fourth-order valence-electron chi connectivity index (χ4n) is 4.03. The minimum absolute atomic E-state index is 0.168. The Kier molecular flexibility index (Phi) is 4.55. The number of piperidine rings is 1. The predicted octanol–water partition coefficient (Wildman–Crippen LogP) is 2.99. The summed E-state index contributed by atoms with van der Waals surface area (Å²) in [6.45, 7) is 5.70. The van der Waals surface area contributed by atoms with Crippen molar-refractivity contribution in [2.75, 3.05) is 18.0 Å². The highest BCUT2D eigenvalue weighted by Crippen LogP contribution is 2.31. The molecule has 152 valence electrons. The second-order valence-electron chi connectivity index (χ2n) is 7.75. The average molecular weight is 400 g/mol. The Bertz CT molecular complexity index is 1220. The van der Waals surface area contributed by atoms with E-state index in [9.17, 15) is 0 Å². The number of rotatable bonds is 4. The van der Waals surface area contributed by atoms with E-state index in [1.807, 2.05) is 37.7 Å². The standard InChI is InChI=1S/C22H24N8/c1-3-14-6-7-18(26-22(14)30-8-4-5-16(23)13-30)21-17-9-19(15-10-25-29(2)12-15)24-11-20(17)27-28-21/h3,6-7,9-12,16H,1,4-5,8,13,23H2,2H3,(H,27,28). The molecular formula is C22H24N8. The number of hydrogen-bond donors (Lipinski definition) is 2. The summed E-state index contributed by atoms with van der Waals surface area (Å²) in [7, 11) is 1.89. The molecule has 1 fully saturated rings. The summed E-state index contributed by atoms with van der Waals surface area (Å²) in [5, 5.41) is 12.8. The molecule has 0 radical (unpaired) electrons. The smallest absolute Gasteiger partial charge is 0.136 e. The highest BCUT2D eigenvalue weighted by molar-refractivity contribution is 5.94. The Hall–Kier alpha value is -3.52. The van der Waals surface area contributed by atoms with Gasteiger partial charge >= 0.3 is 0 Å². The van der Waals surface area contributed by atoms with Crippen molar-refractivity contribution in [3.8, 4) is 22.6 Å². The Labute approximate surface area is 174 Å². The number of aryl methyl sites for hydroxylation is 1. The summed E-state index contributed by atoms with van der Waals surface area (Å²) in [5.41, 5.74) is 11.5. The Morgan fingerprint density at radius 3 is 2.93 bits per heavy atom. The van der Waals surface area contributed by atoms with Gasteiger partial charge in [-0.1, -0.05) is 12.7 Å². The number of aromatic nitrogens is 6. The number of nitrogens with two attached hydrogens (primary N) is 1. The number of nitrogens with one attached hydrogen (secondary N) is 1. The van der Waals surface area contributed by atoms with Crippen molar-refractivity contribution in [3.05, 3.63) is 48.9 Å². The lowest BCUT2D eigenvalue weighted by molar-refractivity contribution is 0.503. The Morgan fingerprint density at radius 1 is 1.27 bits per heavy atom. The van der Waals surface area contributed by atoms with Gasteiger partial charge in [0.2, 0.25) is 0 Å². The van der Waals surface area contributed by atoms with Crippen LogP contribution in [0.1, 0.15) is 18.4 Å². The van der Waals surface area contributed by atoms with Crippen LogP contribution >= 0.6 is 0 Å². The van der Waals surface area contributed by atoms with Crippen LogP contribution in [0.5, 0.6) is 0 Å². The molecule has 5 heterocycles. The highest BCUT2D eigenvalue weighted by atomic mass is 15.2. The quantitative estimate of drug-likeness (QED) is 0.546. The minimum Gasteiger partial charge on any atom is -0.355 e. The first-order valence-electron chi connectivity index (χ1n) is 10.1. The third-order valence-corrected chi connectivity index (χ3v) is 5.57. The normalized spacial score (nSPS) is 16.9. The van der Waals surface area contributed by atoms with Crippen LogP contribution in [0.25, 0.3) is 39.6 Å². The molecule has 4 aromatic rings. The Balaban J connectivity index is 1.59. The van der Waals surface area contributed by atoms with E-state index in [2.05, 4.69) is 37.8 Å². The zero-order chi connectivity index (χ0) is 20.7. The van der Waals surface area contributed by atoms with Crippen LogP contribution in [-0.4, -0.2) is 49.1 Å². The zero-order valence-electron chi connectivity index (χ0n) is 16.9. The maximum atomic E-state index is 6.21. The maximum Gasteiger partial charge on any atom is 0.136 e. The molecule has 1 saturated heterocycles. The van der Waals surface area contributed by atoms with Crippen molar-refractivity contribution >= 4 is 22.8 Å². The average Bonchev–Trinajstić information content (AvgIpc) is 3.39. The molecule has 5 rings (SSSR count). The van der Waals surface area contributed by atoms with Crippen molar-refractivity contribution in [3.63, 3.8) is 0 Å². The first kappa shape index (κ1) is 18.5. The van der Waals surface area contributed by atoms with Crippen LogP contribution in [0.15, 0.2) is 43.4 Å². The van der Waals surface area contributed by atoms with E-state index in [0.717, 1.165) is 70.9 Å². The third-order valence-electron chi connectivity index (χ3n) is 5.57. The van der Waals surface area contributed by atoms with Gasteiger partial charge in [0.15, 0.2) is 0 Å². The largest absolute Gasteiger partial charge is 0.355 e. The van der Waals surface area contributed by atoms with Crippen molar-refractivity contribution in [1.82, 2.24) is 29.9 Å². The van der Waals surface area contributed by atoms with Crippen molar-refractivity contribution in [2.45, 2.75) is 18.9 Å². The second kappa shape index (κ2) is 7.38.